The molecule has 1 aliphatic heterocycles. The molecular weight excluding hydrogens is 358 g/mol. The maximum absolute atomic E-state index is 12.2. The van der Waals surface area contributed by atoms with Crippen molar-refractivity contribution in [3.63, 3.8) is 0 Å². The SMILES string of the molecule is CCc1cc(=O)[nH]c2nnc(SCC(=O)Nc3ccc4c(c3)OCO4)n12. The van der Waals surface area contributed by atoms with Crippen LogP contribution in [0, 0.1) is 0 Å². The van der Waals surface area contributed by atoms with Crippen LogP contribution in [0.5, 0.6) is 11.5 Å². The Labute approximate surface area is 151 Å². The van der Waals surface area contributed by atoms with Crippen molar-refractivity contribution >= 4 is 29.1 Å². The normalized spacial score (nSPS) is 12.5. The maximum Gasteiger partial charge on any atom is 0.252 e. The summed E-state index contributed by atoms with van der Waals surface area (Å²) in [5, 5.41) is 11.4. The predicted molar refractivity (Wildman–Crippen MR) is 94.9 cm³/mol. The number of anilines is 1. The molecule has 3 aromatic rings. The number of nitrogens with zero attached hydrogens (tertiary/aromatic N) is 3. The molecule has 0 spiro atoms. The average molecular weight is 373 g/mol. The smallest absolute Gasteiger partial charge is 0.252 e. The molecular formula is C16H15N5O4S. The Morgan fingerprint density at radius 1 is 1.31 bits per heavy atom. The number of amides is 1. The molecule has 0 fully saturated rings. The number of carbonyl (C=O) groups is 1. The summed E-state index contributed by atoms with van der Waals surface area (Å²) in [5.74, 6) is 1.60. The highest BCUT2D eigenvalue weighted by molar-refractivity contribution is 7.99. The second kappa shape index (κ2) is 6.71. The minimum Gasteiger partial charge on any atom is -0.454 e. The largest absolute Gasteiger partial charge is 0.454 e. The standard InChI is InChI=1S/C16H15N5O4S/c1-2-10-6-13(22)18-15-19-20-16(21(10)15)26-7-14(23)17-9-3-4-11-12(5-9)25-8-24-11/h3-6H,2,7-8H2,1H3,(H,17,23)(H,18,19,22). The molecule has 0 saturated carbocycles. The summed E-state index contributed by atoms with van der Waals surface area (Å²) in [6, 6.07) is 6.73. The van der Waals surface area contributed by atoms with Gasteiger partial charge in [0.2, 0.25) is 18.5 Å². The van der Waals surface area contributed by atoms with E-state index in [1.54, 1.807) is 22.6 Å². The van der Waals surface area contributed by atoms with Crippen LogP contribution in [0.3, 0.4) is 0 Å². The van der Waals surface area contributed by atoms with E-state index in [-0.39, 0.29) is 24.0 Å². The van der Waals surface area contributed by atoms with Crippen LogP contribution >= 0.6 is 11.8 Å². The van der Waals surface area contributed by atoms with Crippen LogP contribution in [0.25, 0.3) is 5.78 Å². The van der Waals surface area contributed by atoms with E-state index in [4.69, 9.17) is 9.47 Å². The summed E-state index contributed by atoms with van der Waals surface area (Å²) in [7, 11) is 0. The summed E-state index contributed by atoms with van der Waals surface area (Å²) < 4.78 is 12.3. The molecule has 9 nitrogen and oxygen atoms in total. The topological polar surface area (TPSA) is 111 Å². The monoisotopic (exact) mass is 373 g/mol. The molecule has 4 rings (SSSR count). The van der Waals surface area contributed by atoms with Gasteiger partial charge in [0.25, 0.3) is 5.56 Å². The Bertz CT molecular complexity index is 1040. The van der Waals surface area contributed by atoms with E-state index in [9.17, 15) is 9.59 Å². The van der Waals surface area contributed by atoms with Gasteiger partial charge in [-0.3, -0.25) is 19.0 Å². The average Bonchev–Trinajstić information content (AvgIpc) is 3.25. The van der Waals surface area contributed by atoms with Crippen LogP contribution < -0.4 is 20.3 Å². The van der Waals surface area contributed by atoms with E-state index in [1.165, 1.54) is 17.8 Å². The molecule has 0 aliphatic carbocycles. The number of aryl methyl sites for hydroxylation is 1. The van der Waals surface area contributed by atoms with Gasteiger partial charge < -0.3 is 14.8 Å². The number of nitrogens with one attached hydrogen (secondary N) is 2. The van der Waals surface area contributed by atoms with Gasteiger partial charge in [-0.25, -0.2) is 0 Å². The fraction of sp³-hybridized carbons (Fsp3) is 0.250. The van der Waals surface area contributed by atoms with Gasteiger partial charge in [0, 0.05) is 23.5 Å². The zero-order chi connectivity index (χ0) is 18.1. The molecule has 0 radical (unpaired) electrons. The molecule has 1 amide bonds. The number of rotatable bonds is 5. The van der Waals surface area contributed by atoms with Gasteiger partial charge in [-0.1, -0.05) is 18.7 Å². The second-order valence-electron chi connectivity index (χ2n) is 5.52. The van der Waals surface area contributed by atoms with Crippen molar-refractivity contribution in [3.05, 3.63) is 40.3 Å². The van der Waals surface area contributed by atoms with Crippen LogP contribution in [0.15, 0.2) is 34.2 Å². The fourth-order valence-corrected chi connectivity index (χ4v) is 3.39. The van der Waals surface area contributed by atoms with Crippen LogP contribution in [0.1, 0.15) is 12.6 Å². The molecule has 0 saturated heterocycles. The van der Waals surface area contributed by atoms with Gasteiger partial charge in [0.05, 0.1) is 5.75 Å². The zero-order valence-electron chi connectivity index (χ0n) is 13.8. The van der Waals surface area contributed by atoms with Crippen LogP contribution in [-0.4, -0.2) is 38.0 Å². The molecule has 3 heterocycles. The van der Waals surface area contributed by atoms with Gasteiger partial charge in [-0.15, -0.1) is 10.2 Å². The van der Waals surface area contributed by atoms with E-state index in [0.717, 1.165) is 5.69 Å². The van der Waals surface area contributed by atoms with Crippen molar-refractivity contribution in [3.8, 4) is 11.5 Å². The summed E-state index contributed by atoms with van der Waals surface area (Å²) in [5.41, 5.74) is 1.19. The molecule has 2 N–H and O–H groups in total. The predicted octanol–water partition coefficient (Wildman–Crippen LogP) is 1.44. The summed E-state index contributed by atoms with van der Waals surface area (Å²) in [4.78, 5) is 26.5. The first-order valence-electron chi connectivity index (χ1n) is 7.93. The lowest BCUT2D eigenvalue weighted by Crippen LogP contribution is -2.15. The number of hydrogen-bond acceptors (Lipinski definition) is 7. The molecule has 2 aromatic heterocycles. The van der Waals surface area contributed by atoms with Crippen molar-refractivity contribution in [1.29, 1.82) is 0 Å². The first-order chi connectivity index (χ1) is 12.6. The number of aromatic amines is 1. The number of fused-ring (bicyclic) bond motifs is 2. The van der Waals surface area contributed by atoms with Crippen molar-refractivity contribution in [2.24, 2.45) is 0 Å². The van der Waals surface area contributed by atoms with Gasteiger partial charge in [-0.2, -0.15) is 0 Å². The van der Waals surface area contributed by atoms with Crippen molar-refractivity contribution < 1.29 is 14.3 Å². The van der Waals surface area contributed by atoms with Gasteiger partial charge >= 0.3 is 0 Å². The number of ether oxygens (including phenoxy) is 2. The third kappa shape index (κ3) is 3.10. The van der Waals surface area contributed by atoms with Crippen LogP contribution in [-0.2, 0) is 11.2 Å². The Morgan fingerprint density at radius 3 is 3.00 bits per heavy atom. The van der Waals surface area contributed by atoms with E-state index < -0.39 is 0 Å². The van der Waals surface area contributed by atoms with E-state index in [2.05, 4.69) is 20.5 Å². The molecule has 134 valence electrons. The maximum atomic E-state index is 12.2. The summed E-state index contributed by atoms with van der Waals surface area (Å²) in [6.07, 6.45) is 0.648. The number of H-pyrrole nitrogens is 1. The first-order valence-corrected chi connectivity index (χ1v) is 8.92. The Balaban J connectivity index is 1.46. The number of carbonyl (C=O) groups excluding carboxylic acids is 1. The third-order valence-electron chi connectivity index (χ3n) is 3.80. The quantitative estimate of drug-likeness (QED) is 0.651. The van der Waals surface area contributed by atoms with Crippen molar-refractivity contribution in [2.45, 2.75) is 18.5 Å². The van der Waals surface area contributed by atoms with E-state index >= 15 is 0 Å². The molecule has 1 aromatic carbocycles. The van der Waals surface area contributed by atoms with Gasteiger partial charge in [-0.05, 0) is 18.6 Å². The zero-order valence-corrected chi connectivity index (χ0v) is 14.6. The number of aromatic nitrogens is 4. The van der Waals surface area contributed by atoms with Gasteiger partial charge in [0.1, 0.15) is 0 Å². The summed E-state index contributed by atoms with van der Waals surface area (Å²) in [6.45, 7) is 2.12. The third-order valence-corrected chi connectivity index (χ3v) is 4.73. The van der Waals surface area contributed by atoms with E-state index in [0.29, 0.717) is 34.5 Å². The lowest BCUT2D eigenvalue weighted by molar-refractivity contribution is -0.113. The Morgan fingerprint density at radius 2 is 2.15 bits per heavy atom. The minimum absolute atomic E-state index is 0.150. The molecule has 10 heteroatoms. The Hall–Kier alpha value is -3.01. The lowest BCUT2D eigenvalue weighted by Gasteiger charge is -2.07. The number of thioether (sulfide) groups is 1. The van der Waals surface area contributed by atoms with Gasteiger partial charge in [0.15, 0.2) is 16.7 Å². The second-order valence-corrected chi connectivity index (χ2v) is 6.47. The highest BCUT2D eigenvalue weighted by atomic mass is 32.2. The lowest BCUT2D eigenvalue weighted by atomic mass is 10.3. The number of hydrogen-bond donors (Lipinski definition) is 2. The number of benzene rings is 1. The van der Waals surface area contributed by atoms with E-state index in [1.807, 2.05) is 6.92 Å². The van der Waals surface area contributed by atoms with Crippen LogP contribution in [0.4, 0.5) is 5.69 Å². The minimum atomic E-state index is -0.223. The molecule has 26 heavy (non-hydrogen) atoms. The molecule has 0 atom stereocenters. The highest BCUT2D eigenvalue weighted by Crippen LogP contribution is 2.34. The first kappa shape index (κ1) is 16.5. The van der Waals surface area contributed by atoms with Crippen molar-refractivity contribution in [1.82, 2.24) is 19.6 Å². The summed E-state index contributed by atoms with van der Waals surface area (Å²) >= 11 is 1.24. The highest BCUT2D eigenvalue weighted by Gasteiger charge is 2.16. The van der Waals surface area contributed by atoms with Crippen molar-refractivity contribution in [2.75, 3.05) is 17.9 Å². The fourth-order valence-electron chi connectivity index (χ4n) is 2.63. The molecule has 1 aliphatic rings. The van der Waals surface area contributed by atoms with Crippen LogP contribution in [0.2, 0.25) is 0 Å². The molecule has 0 bridgehead atoms. The molecule has 0 unspecified atom stereocenters. The Kier molecular flexibility index (Phi) is 4.25.